The highest BCUT2D eigenvalue weighted by Gasteiger charge is 2.28. The lowest BCUT2D eigenvalue weighted by Gasteiger charge is -2.22. The molecule has 0 radical (unpaired) electrons. The van der Waals surface area contributed by atoms with Crippen molar-refractivity contribution < 1.29 is 14.5 Å². The summed E-state index contributed by atoms with van der Waals surface area (Å²) in [7, 11) is 0. The Morgan fingerprint density at radius 1 is 1.13 bits per heavy atom. The second kappa shape index (κ2) is 8.31. The fourth-order valence-electron chi connectivity index (χ4n) is 2.77. The van der Waals surface area contributed by atoms with Crippen molar-refractivity contribution in [1.82, 2.24) is 9.78 Å². The fourth-order valence-corrected chi connectivity index (χ4v) is 3.68. The molecule has 1 aromatic heterocycles. The van der Waals surface area contributed by atoms with Crippen LogP contribution < -0.4 is 4.74 Å². The molecule has 0 aliphatic carbocycles. The molecule has 7 nitrogen and oxygen atoms in total. The van der Waals surface area contributed by atoms with Crippen LogP contribution in [0.1, 0.15) is 42.4 Å². The molecule has 0 saturated carbocycles. The Bertz CT molecular complexity index is 1100. The van der Waals surface area contributed by atoms with Crippen molar-refractivity contribution >= 4 is 23.4 Å². The molecule has 2 aromatic carbocycles. The van der Waals surface area contributed by atoms with E-state index in [1.54, 1.807) is 4.68 Å². The molecular weight excluding hydrogens is 402 g/mol. The van der Waals surface area contributed by atoms with Crippen molar-refractivity contribution in [2.45, 2.75) is 49.9 Å². The van der Waals surface area contributed by atoms with E-state index >= 15 is 0 Å². The molecule has 0 saturated heterocycles. The molecule has 3 rings (SSSR count). The van der Waals surface area contributed by atoms with Crippen LogP contribution in [-0.2, 0) is 5.54 Å². The van der Waals surface area contributed by atoms with Gasteiger partial charge in [-0.15, -0.1) is 0 Å². The Kier molecular flexibility index (Phi) is 5.98. The summed E-state index contributed by atoms with van der Waals surface area (Å²) in [5, 5.41) is 15.6. The van der Waals surface area contributed by atoms with E-state index in [2.05, 4.69) is 5.10 Å². The Morgan fingerprint density at radius 3 is 2.40 bits per heavy atom. The predicted octanol–water partition coefficient (Wildman–Crippen LogP) is 5.53. The molecule has 30 heavy (non-hydrogen) atoms. The number of esters is 1. The molecule has 0 unspecified atom stereocenters. The number of carbonyl (C=O) groups excluding carboxylic acids is 1. The van der Waals surface area contributed by atoms with Crippen LogP contribution in [0.5, 0.6) is 5.88 Å². The maximum Gasteiger partial charge on any atom is 0.345 e. The Hall–Kier alpha value is -3.13. The van der Waals surface area contributed by atoms with E-state index in [1.807, 2.05) is 58.9 Å². The topological polar surface area (TPSA) is 87.3 Å². The minimum Gasteiger partial charge on any atom is -0.403 e. The third-order valence-electron chi connectivity index (χ3n) is 4.32. The highest BCUT2D eigenvalue weighted by Crippen LogP contribution is 2.40. The van der Waals surface area contributed by atoms with Crippen molar-refractivity contribution in [3.05, 3.63) is 75.5 Å². The average molecular weight is 426 g/mol. The van der Waals surface area contributed by atoms with Crippen LogP contribution in [-0.4, -0.2) is 20.7 Å². The number of nitro benzene ring substituents is 1. The van der Waals surface area contributed by atoms with E-state index in [1.165, 1.54) is 36.0 Å². The van der Waals surface area contributed by atoms with Crippen molar-refractivity contribution in [2.24, 2.45) is 0 Å². The summed E-state index contributed by atoms with van der Waals surface area (Å²) >= 11 is 1.46. The number of carbonyl (C=O) groups is 1. The van der Waals surface area contributed by atoms with Crippen molar-refractivity contribution in [3.8, 4) is 5.88 Å². The predicted molar refractivity (Wildman–Crippen MR) is 115 cm³/mol. The number of aromatic nitrogens is 2. The number of hydrogen-bond acceptors (Lipinski definition) is 6. The number of rotatable bonds is 5. The molecule has 0 amide bonds. The van der Waals surface area contributed by atoms with Crippen LogP contribution in [0.4, 0.5) is 5.69 Å². The summed E-state index contributed by atoms with van der Waals surface area (Å²) in [6.45, 7) is 9.77. The lowest BCUT2D eigenvalue weighted by atomic mass is 10.1. The lowest BCUT2D eigenvalue weighted by molar-refractivity contribution is -0.384. The third-order valence-corrected chi connectivity index (χ3v) is 5.51. The van der Waals surface area contributed by atoms with Crippen LogP contribution in [0.15, 0.2) is 58.3 Å². The highest BCUT2D eigenvalue weighted by atomic mass is 32.2. The van der Waals surface area contributed by atoms with Gasteiger partial charge >= 0.3 is 5.97 Å². The van der Waals surface area contributed by atoms with Gasteiger partial charge in [0.1, 0.15) is 0 Å². The standard InChI is InChI=1S/C22H23N3O4S/c1-14-9-11-18(12-10-14)30-19-15(2)23-24(22(3,4)5)20(19)29-21(26)16-7-6-8-17(13-16)25(27)28/h6-13H,1-5H3. The maximum atomic E-state index is 12.8. The molecule has 0 aliphatic heterocycles. The van der Waals surface area contributed by atoms with Crippen LogP contribution in [0.2, 0.25) is 0 Å². The largest absolute Gasteiger partial charge is 0.403 e. The molecule has 0 N–H and O–H groups in total. The van der Waals surface area contributed by atoms with Gasteiger partial charge in [-0.1, -0.05) is 35.5 Å². The third kappa shape index (κ3) is 4.71. The summed E-state index contributed by atoms with van der Waals surface area (Å²) in [6, 6.07) is 13.5. The lowest BCUT2D eigenvalue weighted by Crippen LogP contribution is -2.25. The Morgan fingerprint density at radius 2 is 1.80 bits per heavy atom. The molecule has 0 spiro atoms. The molecule has 1 heterocycles. The second-order valence-corrected chi connectivity index (χ2v) is 9.00. The molecule has 0 atom stereocenters. The molecular formula is C22H23N3O4S. The first-order valence-corrected chi connectivity index (χ1v) is 10.2. The summed E-state index contributed by atoms with van der Waals surface area (Å²) in [5.41, 5.74) is 1.39. The molecule has 3 aromatic rings. The number of nitrogens with zero attached hydrogens (tertiary/aromatic N) is 3. The van der Waals surface area contributed by atoms with E-state index in [-0.39, 0.29) is 11.3 Å². The second-order valence-electron chi connectivity index (χ2n) is 7.91. The minimum absolute atomic E-state index is 0.106. The first-order valence-electron chi connectivity index (χ1n) is 9.37. The van der Waals surface area contributed by atoms with Crippen molar-refractivity contribution in [2.75, 3.05) is 0 Å². The van der Waals surface area contributed by atoms with E-state index in [0.29, 0.717) is 5.88 Å². The SMILES string of the molecule is Cc1ccc(Sc2c(C)nn(C(C)(C)C)c2OC(=O)c2cccc([N+](=O)[O-])c2)cc1. The fraction of sp³-hybridized carbons (Fsp3) is 0.273. The van der Waals surface area contributed by atoms with Gasteiger partial charge < -0.3 is 4.74 Å². The van der Waals surface area contributed by atoms with E-state index in [0.717, 1.165) is 21.0 Å². The van der Waals surface area contributed by atoms with Crippen molar-refractivity contribution in [3.63, 3.8) is 0 Å². The van der Waals surface area contributed by atoms with E-state index in [9.17, 15) is 14.9 Å². The zero-order valence-electron chi connectivity index (χ0n) is 17.5. The number of aryl methyl sites for hydroxylation is 2. The van der Waals surface area contributed by atoms with Gasteiger partial charge in [0.15, 0.2) is 0 Å². The normalized spacial score (nSPS) is 11.4. The zero-order valence-corrected chi connectivity index (χ0v) is 18.3. The van der Waals surface area contributed by atoms with Gasteiger partial charge in [0.05, 0.1) is 26.6 Å². The first-order chi connectivity index (χ1) is 14.1. The Labute approximate surface area is 179 Å². The van der Waals surface area contributed by atoms with Gasteiger partial charge in [0, 0.05) is 17.0 Å². The molecule has 0 bridgehead atoms. The van der Waals surface area contributed by atoms with E-state index in [4.69, 9.17) is 4.74 Å². The van der Waals surface area contributed by atoms with Crippen LogP contribution in [0, 0.1) is 24.0 Å². The van der Waals surface area contributed by atoms with Gasteiger partial charge in [-0.05, 0) is 52.8 Å². The quantitative estimate of drug-likeness (QED) is 0.303. The van der Waals surface area contributed by atoms with E-state index < -0.39 is 16.4 Å². The van der Waals surface area contributed by atoms with Crippen LogP contribution in [0.25, 0.3) is 0 Å². The summed E-state index contributed by atoms with van der Waals surface area (Å²) in [4.78, 5) is 25.0. The Balaban J connectivity index is 2.01. The minimum atomic E-state index is -0.671. The first kappa shape index (κ1) is 21.6. The van der Waals surface area contributed by atoms with Gasteiger partial charge in [-0.2, -0.15) is 5.10 Å². The van der Waals surface area contributed by atoms with Gasteiger partial charge in [-0.25, -0.2) is 9.48 Å². The highest BCUT2D eigenvalue weighted by molar-refractivity contribution is 7.99. The average Bonchev–Trinajstić information content (AvgIpc) is 2.99. The summed E-state index contributed by atoms with van der Waals surface area (Å²) in [6.07, 6.45) is 0. The number of benzene rings is 2. The molecule has 156 valence electrons. The van der Waals surface area contributed by atoms with Crippen LogP contribution in [0.3, 0.4) is 0 Å². The van der Waals surface area contributed by atoms with Gasteiger partial charge in [0.25, 0.3) is 5.69 Å². The van der Waals surface area contributed by atoms with Crippen molar-refractivity contribution in [1.29, 1.82) is 0 Å². The summed E-state index contributed by atoms with van der Waals surface area (Å²) < 4.78 is 7.43. The zero-order chi connectivity index (χ0) is 22.1. The van der Waals surface area contributed by atoms with Gasteiger partial charge in [0.2, 0.25) is 5.88 Å². The number of hydrogen-bond donors (Lipinski definition) is 0. The number of non-ortho nitro benzene ring substituents is 1. The maximum absolute atomic E-state index is 12.8. The molecule has 8 heteroatoms. The number of nitro groups is 1. The molecule has 0 fully saturated rings. The van der Waals surface area contributed by atoms with Crippen LogP contribution >= 0.6 is 11.8 Å². The molecule has 0 aliphatic rings. The number of ether oxygens (including phenoxy) is 1. The summed E-state index contributed by atoms with van der Waals surface area (Å²) in [5.74, 6) is -0.350. The smallest absolute Gasteiger partial charge is 0.345 e. The van der Waals surface area contributed by atoms with Gasteiger partial charge in [-0.3, -0.25) is 10.1 Å². The monoisotopic (exact) mass is 425 g/mol.